The van der Waals surface area contributed by atoms with E-state index in [1.165, 1.54) is 36.4 Å². The average Bonchev–Trinajstić information content (AvgIpc) is 2.65. The molecule has 0 atom stereocenters. The Labute approximate surface area is 158 Å². The monoisotopic (exact) mass is 388 g/mol. The fourth-order valence-electron chi connectivity index (χ4n) is 2.48. The van der Waals surface area contributed by atoms with Crippen molar-refractivity contribution in [3.63, 3.8) is 0 Å². The molecule has 27 heavy (non-hydrogen) atoms. The van der Waals surface area contributed by atoms with Crippen LogP contribution in [0.3, 0.4) is 0 Å². The van der Waals surface area contributed by atoms with Gasteiger partial charge in [0.05, 0.1) is 12.0 Å². The van der Waals surface area contributed by atoms with Crippen LogP contribution in [0.15, 0.2) is 57.7 Å². The minimum absolute atomic E-state index is 0.0197. The molecule has 0 aliphatic carbocycles. The summed E-state index contributed by atoms with van der Waals surface area (Å²) in [5, 5.41) is 0.653. The van der Waals surface area contributed by atoms with E-state index in [1.54, 1.807) is 6.07 Å². The standard InChI is InChI=1S/C20H14ClFO5/c21-13-5-8-18-15(10-13)17(24)11-19(27-18)20(25)26-9-1-2-16(23)12-3-6-14(22)7-4-12/h3-8,10-11H,1-2,9H2. The van der Waals surface area contributed by atoms with E-state index in [0.29, 0.717) is 10.6 Å². The lowest BCUT2D eigenvalue weighted by molar-refractivity contribution is 0.0459. The third-order valence-corrected chi connectivity index (χ3v) is 4.07. The summed E-state index contributed by atoms with van der Waals surface area (Å²) in [7, 11) is 0. The number of ether oxygens (including phenoxy) is 1. The van der Waals surface area contributed by atoms with Gasteiger partial charge in [0.15, 0.2) is 11.2 Å². The maximum atomic E-state index is 12.8. The van der Waals surface area contributed by atoms with Gasteiger partial charge >= 0.3 is 5.97 Å². The Bertz CT molecular complexity index is 1060. The Balaban J connectivity index is 1.57. The molecule has 1 aromatic heterocycles. The van der Waals surface area contributed by atoms with E-state index in [2.05, 4.69) is 0 Å². The minimum atomic E-state index is -0.793. The number of benzene rings is 2. The average molecular weight is 389 g/mol. The quantitative estimate of drug-likeness (QED) is 0.355. The highest BCUT2D eigenvalue weighted by atomic mass is 35.5. The lowest BCUT2D eigenvalue weighted by Gasteiger charge is -2.05. The Morgan fingerprint density at radius 3 is 2.56 bits per heavy atom. The van der Waals surface area contributed by atoms with Crippen LogP contribution in [0.5, 0.6) is 0 Å². The summed E-state index contributed by atoms with van der Waals surface area (Å²) in [6.07, 6.45) is 0.425. The van der Waals surface area contributed by atoms with Gasteiger partial charge in [0.2, 0.25) is 5.76 Å². The van der Waals surface area contributed by atoms with Gasteiger partial charge in [-0.3, -0.25) is 9.59 Å². The Morgan fingerprint density at radius 1 is 1.07 bits per heavy atom. The molecule has 7 heteroatoms. The van der Waals surface area contributed by atoms with Crippen LogP contribution in [-0.4, -0.2) is 18.4 Å². The molecule has 0 bridgehead atoms. The topological polar surface area (TPSA) is 73.6 Å². The van der Waals surface area contributed by atoms with E-state index in [0.717, 1.165) is 6.07 Å². The summed E-state index contributed by atoms with van der Waals surface area (Å²) in [6.45, 7) is -0.0197. The molecule has 0 amide bonds. The number of carbonyl (C=O) groups excluding carboxylic acids is 2. The third-order valence-electron chi connectivity index (χ3n) is 3.84. The highest BCUT2D eigenvalue weighted by Crippen LogP contribution is 2.18. The van der Waals surface area contributed by atoms with Crippen molar-refractivity contribution in [2.75, 3.05) is 6.61 Å². The molecule has 138 valence electrons. The van der Waals surface area contributed by atoms with Crippen molar-refractivity contribution in [3.05, 3.63) is 80.9 Å². The van der Waals surface area contributed by atoms with Crippen LogP contribution in [0.2, 0.25) is 5.02 Å². The predicted octanol–water partition coefficient (Wildman–Crippen LogP) is 4.41. The van der Waals surface area contributed by atoms with Crippen LogP contribution in [0.1, 0.15) is 33.8 Å². The van der Waals surface area contributed by atoms with Crippen LogP contribution in [-0.2, 0) is 4.74 Å². The number of Topliss-reactive ketones (excluding diaryl/α,β-unsaturated/α-hetero) is 1. The molecule has 0 saturated heterocycles. The fraction of sp³-hybridized carbons (Fsp3) is 0.150. The van der Waals surface area contributed by atoms with Crippen LogP contribution in [0.25, 0.3) is 11.0 Å². The van der Waals surface area contributed by atoms with Gasteiger partial charge in [-0.25, -0.2) is 9.18 Å². The van der Waals surface area contributed by atoms with Crippen molar-refractivity contribution >= 4 is 34.3 Å². The molecule has 2 aromatic carbocycles. The second-order valence-electron chi connectivity index (χ2n) is 5.78. The van der Waals surface area contributed by atoms with Crippen molar-refractivity contribution in [2.24, 2.45) is 0 Å². The molecule has 0 spiro atoms. The largest absolute Gasteiger partial charge is 0.460 e. The van der Waals surface area contributed by atoms with Crippen molar-refractivity contribution < 1.29 is 23.1 Å². The molecule has 0 radical (unpaired) electrons. The van der Waals surface area contributed by atoms with Crippen molar-refractivity contribution in [1.82, 2.24) is 0 Å². The highest BCUT2D eigenvalue weighted by Gasteiger charge is 2.14. The summed E-state index contributed by atoms with van der Waals surface area (Å²) >= 11 is 5.84. The maximum Gasteiger partial charge on any atom is 0.374 e. The van der Waals surface area contributed by atoms with E-state index in [1.807, 2.05) is 0 Å². The van der Waals surface area contributed by atoms with Crippen LogP contribution in [0.4, 0.5) is 4.39 Å². The Morgan fingerprint density at radius 2 is 1.81 bits per heavy atom. The lowest BCUT2D eigenvalue weighted by Crippen LogP contribution is -2.11. The smallest absolute Gasteiger partial charge is 0.374 e. The van der Waals surface area contributed by atoms with Gasteiger partial charge in [-0.15, -0.1) is 0 Å². The summed E-state index contributed by atoms with van der Waals surface area (Å²) < 4.78 is 23.3. The summed E-state index contributed by atoms with van der Waals surface area (Å²) in [5.41, 5.74) is 0.212. The molecule has 5 nitrogen and oxygen atoms in total. The van der Waals surface area contributed by atoms with Crippen molar-refractivity contribution in [3.8, 4) is 0 Å². The molecule has 0 aliphatic heterocycles. The molecule has 0 fully saturated rings. The van der Waals surface area contributed by atoms with Crippen LogP contribution < -0.4 is 5.43 Å². The number of esters is 1. The van der Waals surface area contributed by atoms with E-state index < -0.39 is 17.2 Å². The second-order valence-corrected chi connectivity index (χ2v) is 6.22. The molecular weight excluding hydrogens is 375 g/mol. The predicted molar refractivity (Wildman–Crippen MR) is 97.7 cm³/mol. The number of hydrogen-bond acceptors (Lipinski definition) is 5. The molecule has 3 rings (SSSR count). The van der Waals surface area contributed by atoms with E-state index >= 15 is 0 Å². The Kier molecular flexibility index (Phi) is 5.66. The first-order valence-corrected chi connectivity index (χ1v) is 8.51. The first kappa shape index (κ1) is 18.8. The molecule has 0 aliphatic rings. The van der Waals surface area contributed by atoms with Crippen LogP contribution in [0, 0.1) is 5.82 Å². The molecular formula is C20H14ClFO5. The second kappa shape index (κ2) is 8.14. The summed E-state index contributed by atoms with van der Waals surface area (Å²) in [6, 6.07) is 10.8. The lowest BCUT2D eigenvalue weighted by atomic mass is 10.1. The summed E-state index contributed by atoms with van der Waals surface area (Å²) in [5.74, 6) is -1.61. The van der Waals surface area contributed by atoms with Gasteiger partial charge in [0.25, 0.3) is 0 Å². The van der Waals surface area contributed by atoms with Gasteiger partial charge < -0.3 is 9.15 Å². The molecule has 3 aromatic rings. The number of halogens is 2. The first-order chi connectivity index (χ1) is 12.9. The zero-order chi connectivity index (χ0) is 19.4. The van der Waals surface area contributed by atoms with E-state index in [9.17, 15) is 18.8 Å². The number of ketones is 1. The highest BCUT2D eigenvalue weighted by molar-refractivity contribution is 6.31. The SMILES string of the molecule is O=C(CCCOC(=O)c1cc(=O)c2cc(Cl)ccc2o1)c1ccc(F)cc1. The van der Waals surface area contributed by atoms with Gasteiger partial charge in [-0.2, -0.15) is 0 Å². The zero-order valence-electron chi connectivity index (χ0n) is 14.0. The molecule has 0 N–H and O–H groups in total. The number of rotatable bonds is 6. The first-order valence-electron chi connectivity index (χ1n) is 8.13. The molecule has 0 saturated carbocycles. The molecule has 1 heterocycles. The fourth-order valence-corrected chi connectivity index (χ4v) is 2.65. The van der Waals surface area contributed by atoms with E-state index in [-0.39, 0.29) is 42.0 Å². The molecule has 0 unspecified atom stereocenters. The number of carbonyl (C=O) groups is 2. The van der Waals surface area contributed by atoms with Gasteiger partial charge in [-0.05, 0) is 48.9 Å². The number of fused-ring (bicyclic) bond motifs is 1. The normalized spacial score (nSPS) is 10.7. The number of hydrogen-bond donors (Lipinski definition) is 0. The van der Waals surface area contributed by atoms with Gasteiger partial charge in [0, 0.05) is 23.1 Å². The third kappa shape index (κ3) is 4.60. The van der Waals surface area contributed by atoms with Crippen LogP contribution >= 0.6 is 11.6 Å². The van der Waals surface area contributed by atoms with Gasteiger partial charge in [0.1, 0.15) is 11.4 Å². The zero-order valence-corrected chi connectivity index (χ0v) is 14.8. The summed E-state index contributed by atoms with van der Waals surface area (Å²) in [4.78, 5) is 36.1. The maximum absolute atomic E-state index is 12.8. The Hall–Kier alpha value is -2.99. The minimum Gasteiger partial charge on any atom is -0.460 e. The van der Waals surface area contributed by atoms with E-state index in [4.69, 9.17) is 20.8 Å². The van der Waals surface area contributed by atoms with Crippen molar-refractivity contribution in [1.29, 1.82) is 0 Å². The van der Waals surface area contributed by atoms with Crippen molar-refractivity contribution in [2.45, 2.75) is 12.8 Å². The van der Waals surface area contributed by atoms with Gasteiger partial charge in [-0.1, -0.05) is 11.6 Å².